The van der Waals surface area contributed by atoms with Gasteiger partial charge in [0.2, 0.25) is 5.82 Å². The predicted octanol–water partition coefficient (Wildman–Crippen LogP) is 5.02. The maximum absolute atomic E-state index is 13.1. The Morgan fingerprint density at radius 2 is 1.97 bits per heavy atom. The van der Waals surface area contributed by atoms with E-state index in [4.69, 9.17) is 9.26 Å². The molecule has 0 saturated heterocycles. The van der Waals surface area contributed by atoms with Crippen LogP contribution in [0.3, 0.4) is 0 Å². The largest absolute Gasteiger partial charge is 0.452 e. The summed E-state index contributed by atoms with van der Waals surface area (Å²) >= 11 is 2.70. The average molecular weight is 482 g/mol. The number of ketones is 1. The predicted molar refractivity (Wildman–Crippen MR) is 121 cm³/mol. The van der Waals surface area contributed by atoms with E-state index in [0.717, 1.165) is 5.56 Å². The molecule has 0 fully saturated rings. The third-order valence-electron chi connectivity index (χ3n) is 4.60. The summed E-state index contributed by atoms with van der Waals surface area (Å²) in [5, 5.41) is 18.9. The molecule has 0 N–H and O–H groups in total. The van der Waals surface area contributed by atoms with Crippen molar-refractivity contribution in [2.75, 3.05) is 6.26 Å². The lowest BCUT2D eigenvalue weighted by atomic mass is 9.98. The van der Waals surface area contributed by atoms with Crippen molar-refractivity contribution < 1.29 is 23.8 Å². The molecule has 0 aliphatic rings. The fourth-order valence-electron chi connectivity index (χ4n) is 3.02. The minimum absolute atomic E-state index is 0.0247. The van der Waals surface area contributed by atoms with Crippen LogP contribution in [0.4, 0.5) is 5.69 Å². The van der Waals surface area contributed by atoms with E-state index >= 15 is 0 Å². The second-order valence-electron chi connectivity index (χ2n) is 6.62. The number of hydrogen-bond donors (Lipinski definition) is 0. The fourth-order valence-corrected chi connectivity index (χ4v) is 4.20. The first-order valence-corrected chi connectivity index (χ1v) is 11.6. The number of benzene rings is 2. The van der Waals surface area contributed by atoms with Crippen LogP contribution < -0.4 is 0 Å². The number of carbonyl (C=O) groups is 2. The van der Waals surface area contributed by atoms with Crippen LogP contribution in [0, 0.1) is 10.1 Å². The van der Waals surface area contributed by atoms with Gasteiger partial charge in [0, 0.05) is 28.1 Å². The van der Waals surface area contributed by atoms with Gasteiger partial charge in [-0.05, 0) is 35.9 Å². The first-order chi connectivity index (χ1) is 16.0. The number of esters is 1. The van der Waals surface area contributed by atoms with Crippen molar-refractivity contribution in [3.63, 3.8) is 0 Å². The van der Waals surface area contributed by atoms with Crippen LogP contribution in [0.1, 0.15) is 32.2 Å². The van der Waals surface area contributed by atoms with Crippen molar-refractivity contribution in [3.8, 4) is 11.4 Å². The Labute approximate surface area is 195 Å². The van der Waals surface area contributed by atoms with Crippen molar-refractivity contribution in [1.29, 1.82) is 0 Å². The molecule has 9 nitrogen and oxygen atoms in total. The van der Waals surface area contributed by atoms with Gasteiger partial charge in [0.15, 0.2) is 12.4 Å². The molecular weight excluding hydrogens is 466 g/mol. The summed E-state index contributed by atoms with van der Waals surface area (Å²) in [5.41, 5.74) is 0.803. The van der Waals surface area contributed by atoms with Gasteiger partial charge in [0.05, 0.1) is 15.4 Å². The highest BCUT2D eigenvalue weighted by Gasteiger charge is 2.23. The minimum Gasteiger partial charge on any atom is -0.452 e. The summed E-state index contributed by atoms with van der Waals surface area (Å²) in [7, 11) is 0. The van der Waals surface area contributed by atoms with Crippen molar-refractivity contribution in [2.45, 2.75) is 11.5 Å². The minimum atomic E-state index is -0.760. The van der Waals surface area contributed by atoms with Crippen LogP contribution >= 0.6 is 23.1 Å². The number of nitro groups is 1. The molecule has 2 heterocycles. The molecular formula is C22H15N3O6S2. The summed E-state index contributed by atoms with van der Waals surface area (Å²) in [6.07, 6.45) is 1.71. The zero-order chi connectivity index (χ0) is 23.4. The number of thioether (sulfide) groups is 1. The molecule has 166 valence electrons. The van der Waals surface area contributed by atoms with E-state index < -0.39 is 16.7 Å². The van der Waals surface area contributed by atoms with Gasteiger partial charge in [0.1, 0.15) is 0 Å². The number of thiophene rings is 1. The Morgan fingerprint density at radius 1 is 1.18 bits per heavy atom. The second-order valence-corrected chi connectivity index (χ2v) is 8.25. The molecule has 2 aromatic heterocycles. The Balaban J connectivity index is 1.53. The maximum atomic E-state index is 13.1. The second kappa shape index (κ2) is 9.76. The van der Waals surface area contributed by atoms with Crippen LogP contribution in [0.15, 0.2) is 68.7 Å². The summed E-state index contributed by atoms with van der Waals surface area (Å²) < 4.78 is 10.4. The molecule has 4 rings (SSSR count). The number of nitrogens with zero attached hydrogens (tertiary/aromatic N) is 3. The van der Waals surface area contributed by atoms with Gasteiger partial charge < -0.3 is 9.26 Å². The van der Waals surface area contributed by atoms with Crippen LogP contribution in [0.25, 0.3) is 11.4 Å². The Hall–Kier alpha value is -3.83. The smallest absolute Gasteiger partial charge is 0.339 e. The zero-order valence-electron chi connectivity index (χ0n) is 17.1. The number of ether oxygens (including phenoxy) is 1. The van der Waals surface area contributed by atoms with Crippen LogP contribution in [-0.4, -0.2) is 33.1 Å². The number of nitro benzene ring substituents is 1. The van der Waals surface area contributed by atoms with Gasteiger partial charge in [0.25, 0.3) is 11.6 Å². The van der Waals surface area contributed by atoms with E-state index in [9.17, 15) is 19.7 Å². The molecule has 0 bridgehead atoms. The summed E-state index contributed by atoms with van der Waals surface area (Å²) in [6.45, 7) is -0.271. The van der Waals surface area contributed by atoms with E-state index in [1.165, 1.54) is 53.4 Å². The molecule has 0 amide bonds. The van der Waals surface area contributed by atoms with E-state index in [1.807, 2.05) is 16.8 Å². The molecule has 0 aliphatic heterocycles. The standard InChI is InChI=1S/C22H15N3O6S2/c1-32-18-7-6-13(10-17(18)25(28)29)20(26)15-4-2-3-5-16(15)22(27)30-11-19-23-21(24-31-19)14-8-9-33-12-14/h2-10,12H,11H2,1H3. The van der Waals surface area contributed by atoms with Crippen molar-refractivity contribution in [2.24, 2.45) is 0 Å². The van der Waals surface area contributed by atoms with Gasteiger partial charge in [-0.3, -0.25) is 14.9 Å². The van der Waals surface area contributed by atoms with E-state index in [2.05, 4.69) is 10.1 Å². The van der Waals surface area contributed by atoms with E-state index in [0.29, 0.717) is 10.7 Å². The monoisotopic (exact) mass is 481 g/mol. The summed E-state index contributed by atoms with van der Waals surface area (Å²) in [4.78, 5) is 41.2. The van der Waals surface area contributed by atoms with Crippen molar-refractivity contribution >= 4 is 40.5 Å². The van der Waals surface area contributed by atoms with Crippen LogP contribution in [-0.2, 0) is 11.3 Å². The van der Waals surface area contributed by atoms with Crippen LogP contribution in [0.2, 0.25) is 0 Å². The van der Waals surface area contributed by atoms with Gasteiger partial charge in [-0.2, -0.15) is 16.3 Å². The van der Waals surface area contributed by atoms with Crippen LogP contribution in [0.5, 0.6) is 0 Å². The lowest BCUT2D eigenvalue weighted by Crippen LogP contribution is -2.13. The number of carbonyl (C=O) groups excluding carboxylic acids is 2. The molecule has 0 spiro atoms. The van der Waals surface area contributed by atoms with Gasteiger partial charge >= 0.3 is 5.97 Å². The Kier molecular flexibility index (Phi) is 6.61. The molecule has 2 aromatic carbocycles. The third kappa shape index (κ3) is 4.83. The topological polar surface area (TPSA) is 125 Å². The summed E-state index contributed by atoms with van der Waals surface area (Å²) in [6, 6.07) is 12.2. The molecule has 33 heavy (non-hydrogen) atoms. The number of aromatic nitrogens is 2. The van der Waals surface area contributed by atoms with E-state index in [1.54, 1.807) is 18.4 Å². The van der Waals surface area contributed by atoms with Gasteiger partial charge in [-0.25, -0.2) is 4.79 Å². The molecule has 0 unspecified atom stereocenters. The molecule has 0 aliphatic carbocycles. The first-order valence-electron chi connectivity index (χ1n) is 9.46. The maximum Gasteiger partial charge on any atom is 0.339 e. The molecule has 0 atom stereocenters. The number of hydrogen-bond acceptors (Lipinski definition) is 10. The van der Waals surface area contributed by atoms with Gasteiger partial charge in [-0.1, -0.05) is 23.4 Å². The lowest BCUT2D eigenvalue weighted by molar-refractivity contribution is -0.387. The molecule has 11 heteroatoms. The third-order valence-corrected chi connectivity index (χ3v) is 6.07. The quantitative estimate of drug-likeness (QED) is 0.112. The molecule has 4 aromatic rings. The SMILES string of the molecule is CSc1ccc(C(=O)c2ccccc2C(=O)OCc2nc(-c3ccsc3)no2)cc1[N+](=O)[O-]. The lowest BCUT2D eigenvalue weighted by Gasteiger charge is -2.09. The van der Waals surface area contributed by atoms with Crippen molar-refractivity contribution in [3.05, 3.63) is 92.0 Å². The Morgan fingerprint density at radius 3 is 2.67 bits per heavy atom. The molecule has 0 saturated carbocycles. The zero-order valence-corrected chi connectivity index (χ0v) is 18.7. The fraction of sp³-hybridized carbons (Fsp3) is 0.0909. The van der Waals surface area contributed by atoms with E-state index in [-0.39, 0.29) is 34.9 Å². The first kappa shape index (κ1) is 22.4. The average Bonchev–Trinajstić information content (AvgIpc) is 3.53. The number of rotatable bonds is 8. The normalized spacial score (nSPS) is 10.7. The van der Waals surface area contributed by atoms with Crippen molar-refractivity contribution in [1.82, 2.24) is 10.1 Å². The highest BCUT2D eigenvalue weighted by molar-refractivity contribution is 7.98. The van der Waals surface area contributed by atoms with Gasteiger partial charge in [-0.15, -0.1) is 11.8 Å². The Bertz CT molecular complexity index is 1330. The highest BCUT2D eigenvalue weighted by Crippen LogP contribution is 2.29. The summed E-state index contributed by atoms with van der Waals surface area (Å²) in [5.74, 6) is -0.801. The highest BCUT2D eigenvalue weighted by atomic mass is 32.2. The molecule has 0 radical (unpaired) electrons.